The van der Waals surface area contributed by atoms with E-state index in [0.29, 0.717) is 49.3 Å². The third-order valence-electron chi connectivity index (χ3n) is 6.04. The van der Waals surface area contributed by atoms with Gasteiger partial charge in [0.1, 0.15) is 0 Å². The van der Waals surface area contributed by atoms with E-state index in [9.17, 15) is 14.4 Å². The molecular formula is C22H22ClN5O3S. The second kappa shape index (κ2) is 8.65. The average Bonchev–Trinajstić information content (AvgIpc) is 3.41. The van der Waals surface area contributed by atoms with Gasteiger partial charge in [0, 0.05) is 74.0 Å². The zero-order valence-corrected chi connectivity index (χ0v) is 18.9. The number of fused-ring (bicyclic) bond motifs is 1. The van der Waals surface area contributed by atoms with Gasteiger partial charge in [-0.3, -0.25) is 23.7 Å². The molecule has 0 saturated carbocycles. The molecular weight excluding hydrogens is 450 g/mol. The Labute approximate surface area is 193 Å². The second-order valence-corrected chi connectivity index (χ2v) is 9.43. The minimum absolute atomic E-state index is 0.0332. The van der Waals surface area contributed by atoms with E-state index in [1.165, 1.54) is 11.3 Å². The van der Waals surface area contributed by atoms with Gasteiger partial charge in [-0.2, -0.15) is 0 Å². The number of carbonyl (C=O) groups excluding carboxylic acids is 2. The van der Waals surface area contributed by atoms with Gasteiger partial charge in [-0.05, 0) is 24.3 Å². The molecule has 1 unspecified atom stereocenters. The Bertz CT molecular complexity index is 1220. The minimum atomic E-state index is -0.326. The maximum Gasteiger partial charge on any atom is 0.258 e. The van der Waals surface area contributed by atoms with Crippen LogP contribution in [-0.2, 0) is 16.1 Å². The minimum Gasteiger partial charge on any atom is -0.340 e. The van der Waals surface area contributed by atoms with Gasteiger partial charge < -0.3 is 9.80 Å². The smallest absolute Gasteiger partial charge is 0.258 e. The first-order valence-corrected chi connectivity index (χ1v) is 11.8. The highest BCUT2D eigenvalue weighted by molar-refractivity contribution is 7.15. The van der Waals surface area contributed by atoms with Gasteiger partial charge in [-0.1, -0.05) is 11.6 Å². The molecule has 1 aromatic carbocycles. The Morgan fingerprint density at radius 3 is 2.62 bits per heavy atom. The van der Waals surface area contributed by atoms with Crippen LogP contribution in [0.25, 0.3) is 4.96 Å². The molecule has 0 aliphatic carbocycles. The molecule has 5 rings (SSSR count). The van der Waals surface area contributed by atoms with E-state index >= 15 is 0 Å². The van der Waals surface area contributed by atoms with E-state index in [1.807, 2.05) is 10.3 Å². The predicted molar refractivity (Wildman–Crippen MR) is 123 cm³/mol. The van der Waals surface area contributed by atoms with Crippen molar-refractivity contribution in [3.8, 4) is 0 Å². The van der Waals surface area contributed by atoms with Crippen molar-refractivity contribution in [2.24, 2.45) is 5.92 Å². The van der Waals surface area contributed by atoms with Crippen LogP contribution in [0, 0.1) is 5.92 Å². The fraction of sp³-hybridized carbons (Fsp3) is 0.364. The maximum atomic E-state index is 13.1. The molecule has 4 heterocycles. The number of carbonyl (C=O) groups is 2. The molecule has 1 atom stereocenters. The molecule has 32 heavy (non-hydrogen) atoms. The van der Waals surface area contributed by atoms with Gasteiger partial charge >= 0.3 is 0 Å². The zero-order chi connectivity index (χ0) is 22.2. The predicted octanol–water partition coefficient (Wildman–Crippen LogP) is 2.11. The van der Waals surface area contributed by atoms with Crippen molar-refractivity contribution in [2.45, 2.75) is 13.0 Å². The summed E-state index contributed by atoms with van der Waals surface area (Å²) in [5, 5.41) is 2.46. The summed E-state index contributed by atoms with van der Waals surface area (Å²) in [5.74, 6) is -0.329. The van der Waals surface area contributed by atoms with E-state index in [-0.39, 0.29) is 29.7 Å². The summed E-state index contributed by atoms with van der Waals surface area (Å²) in [7, 11) is 0. The lowest BCUT2D eigenvalue weighted by atomic mass is 10.1. The standard InChI is InChI=1S/C22H22ClN5O3S/c23-16-1-3-18(4-2-16)28-13-15(11-19(28)29)21(31)26-7-5-25(6-8-26)14-17-12-20(30)27-9-10-32-22(27)24-17/h1-4,9-10,12,15H,5-8,11,13-14H2. The topological polar surface area (TPSA) is 78.2 Å². The monoisotopic (exact) mass is 471 g/mol. The van der Waals surface area contributed by atoms with E-state index < -0.39 is 0 Å². The van der Waals surface area contributed by atoms with Gasteiger partial charge in [-0.25, -0.2) is 4.98 Å². The number of halogens is 1. The summed E-state index contributed by atoms with van der Waals surface area (Å²) >= 11 is 7.38. The van der Waals surface area contributed by atoms with Crippen LogP contribution in [0.1, 0.15) is 12.1 Å². The number of hydrogen-bond acceptors (Lipinski definition) is 6. The molecule has 2 aliphatic heterocycles. The van der Waals surface area contributed by atoms with Crippen molar-refractivity contribution in [1.82, 2.24) is 19.2 Å². The van der Waals surface area contributed by atoms with Crippen LogP contribution >= 0.6 is 22.9 Å². The SMILES string of the molecule is O=C(C1CC(=O)N(c2ccc(Cl)cc2)C1)N1CCN(Cc2cc(=O)n3ccsc3n2)CC1. The summed E-state index contributed by atoms with van der Waals surface area (Å²) in [6.07, 6.45) is 1.96. The lowest BCUT2D eigenvalue weighted by molar-refractivity contribution is -0.137. The number of thiazole rings is 1. The summed E-state index contributed by atoms with van der Waals surface area (Å²) < 4.78 is 1.54. The van der Waals surface area contributed by atoms with Crippen molar-refractivity contribution < 1.29 is 9.59 Å². The number of nitrogens with zero attached hydrogens (tertiary/aromatic N) is 5. The van der Waals surface area contributed by atoms with Crippen LogP contribution in [-0.4, -0.2) is 63.7 Å². The molecule has 2 aliphatic rings. The van der Waals surface area contributed by atoms with Crippen molar-refractivity contribution >= 4 is 45.4 Å². The molecule has 0 bridgehead atoms. The molecule has 10 heteroatoms. The van der Waals surface area contributed by atoms with Gasteiger partial charge in [0.15, 0.2) is 4.96 Å². The fourth-order valence-corrected chi connectivity index (χ4v) is 5.19. The first-order valence-electron chi connectivity index (χ1n) is 10.5. The largest absolute Gasteiger partial charge is 0.340 e. The molecule has 2 amide bonds. The lowest BCUT2D eigenvalue weighted by Crippen LogP contribution is -2.50. The number of benzene rings is 1. The molecule has 2 fully saturated rings. The second-order valence-electron chi connectivity index (χ2n) is 8.12. The quantitative estimate of drug-likeness (QED) is 0.582. The molecule has 8 nitrogen and oxygen atoms in total. The highest BCUT2D eigenvalue weighted by Crippen LogP contribution is 2.27. The Balaban J connectivity index is 1.18. The summed E-state index contributed by atoms with van der Waals surface area (Å²) in [4.78, 5) is 48.7. The summed E-state index contributed by atoms with van der Waals surface area (Å²) in [6.45, 7) is 3.60. The third-order valence-corrected chi connectivity index (χ3v) is 7.05. The van der Waals surface area contributed by atoms with E-state index in [0.717, 1.165) is 11.4 Å². The molecule has 2 aromatic heterocycles. The highest BCUT2D eigenvalue weighted by Gasteiger charge is 2.37. The van der Waals surface area contributed by atoms with Crippen molar-refractivity contribution in [3.05, 3.63) is 63.0 Å². The van der Waals surface area contributed by atoms with Crippen molar-refractivity contribution in [2.75, 3.05) is 37.6 Å². The van der Waals surface area contributed by atoms with Gasteiger partial charge in [0.25, 0.3) is 5.56 Å². The van der Waals surface area contributed by atoms with Crippen LogP contribution in [0.2, 0.25) is 5.02 Å². The normalized spacial score (nSPS) is 19.8. The van der Waals surface area contributed by atoms with Crippen molar-refractivity contribution in [1.29, 1.82) is 0 Å². The highest BCUT2D eigenvalue weighted by atomic mass is 35.5. The molecule has 3 aromatic rings. The first kappa shape index (κ1) is 21.1. The van der Waals surface area contributed by atoms with Gasteiger partial charge in [0.2, 0.25) is 11.8 Å². The van der Waals surface area contributed by atoms with E-state index in [2.05, 4.69) is 9.88 Å². The van der Waals surface area contributed by atoms with E-state index in [4.69, 9.17) is 11.6 Å². The lowest BCUT2D eigenvalue weighted by Gasteiger charge is -2.35. The summed E-state index contributed by atoms with van der Waals surface area (Å²) in [6, 6.07) is 8.68. The molecule has 0 N–H and O–H groups in total. The Morgan fingerprint density at radius 1 is 1.12 bits per heavy atom. The fourth-order valence-electron chi connectivity index (χ4n) is 4.33. The first-order chi connectivity index (χ1) is 15.5. The van der Waals surface area contributed by atoms with Crippen LogP contribution in [0.3, 0.4) is 0 Å². The molecule has 2 saturated heterocycles. The number of amides is 2. The van der Waals surface area contributed by atoms with Crippen LogP contribution in [0.15, 0.2) is 46.7 Å². The molecule has 0 spiro atoms. The van der Waals surface area contributed by atoms with Crippen LogP contribution in [0.5, 0.6) is 0 Å². The van der Waals surface area contributed by atoms with Crippen molar-refractivity contribution in [3.63, 3.8) is 0 Å². The maximum absolute atomic E-state index is 13.1. The summed E-state index contributed by atoms with van der Waals surface area (Å²) in [5.41, 5.74) is 1.44. The third kappa shape index (κ3) is 4.15. The Hall–Kier alpha value is -2.75. The van der Waals surface area contributed by atoms with Gasteiger partial charge in [0.05, 0.1) is 11.6 Å². The number of piperazine rings is 1. The molecule has 0 radical (unpaired) electrons. The van der Waals surface area contributed by atoms with Crippen LogP contribution < -0.4 is 10.5 Å². The number of aromatic nitrogens is 2. The Morgan fingerprint density at radius 2 is 1.88 bits per heavy atom. The number of rotatable bonds is 4. The Kier molecular flexibility index (Phi) is 5.71. The van der Waals surface area contributed by atoms with Gasteiger partial charge in [-0.15, -0.1) is 11.3 Å². The molecule has 166 valence electrons. The average molecular weight is 472 g/mol. The van der Waals surface area contributed by atoms with E-state index in [1.54, 1.807) is 45.8 Å². The zero-order valence-electron chi connectivity index (χ0n) is 17.3. The number of hydrogen-bond donors (Lipinski definition) is 0. The van der Waals surface area contributed by atoms with Crippen LogP contribution in [0.4, 0.5) is 5.69 Å². The number of anilines is 1.